The second-order valence-corrected chi connectivity index (χ2v) is 6.29. The maximum absolute atomic E-state index is 4.38. The van der Waals surface area contributed by atoms with Crippen molar-refractivity contribution in [2.75, 3.05) is 23.3 Å². The number of aromatic amines is 1. The summed E-state index contributed by atoms with van der Waals surface area (Å²) in [5, 5.41) is 10.7. The molecule has 0 bridgehead atoms. The number of aryl methyl sites for hydroxylation is 1. The van der Waals surface area contributed by atoms with Gasteiger partial charge in [0.15, 0.2) is 5.82 Å². The van der Waals surface area contributed by atoms with Gasteiger partial charge in [-0.3, -0.25) is 10.1 Å². The molecule has 1 saturated heterocycles. The molecular formula is C18H21N7. The molecule has 0 radical (unpaired) electrons. The molecule has 0 atom stereocenters. The maximum Gasteiger partial charge on any atom is 0.181 e. The van der Waals surface area contributed by atoms with Crippen LogP contribution in [-0.4, -0.2) is 44.3 Å². The molecule has 0 aliphatic carbocycles. The maximum atomic E-state index is 4.38. The summed E-state index contributed by atoms with van der Waals surface area (Å²) in [6, 6.07) is 8.77. The Morgan fingerprint density at radius 2 is 1.92 bits per heavy atom. The van der Waals surface area contributed by atoms with Gasteiger partial charge in [-0.1, -0.05) is 0 Å². The van der Waals surface area contributed by atoms with E-state index in [4.69, 9.17) is 0 Å². The Kier molecular flexibility index (Phi) is 4.28. The Balaban J connectivity index is 1.34. The number of anilines is 2. The molecule has 1 aliphatic rings. The standard InChI is InChI=1S/C18H21N7/c1-13-21-18(24-23-13)14-2-4-15(5-3-14)22-16-6-10-25(11-7-16)17-12-19-8-9-20-17/h2-5,8-9,12,16,22H,6-7,10-11H2,1H3,(H,21,23,24). The van der Waals surface area contributed by atoms with E-state index >= 15 is 0 Å². The predicted molar refractivity (Wildman–Crippen MR) is 97.4 cm³/mol. The van der Waals surface area contributed by atoms with E-state index in [-0.39, 0.29) is 0 Å². The fraction of sp³-hybridized carbons (Fsp3) is 0.333. The Hall–Kier alpha value is -2.96. The van der Waals surface area contributed by atoms with Gasteiger partial charge in [0.05, 0.1) is 6.20 Å². The Labute approximate surface area is 146 Å². The van der Waals surface area contributed by atoms with Gasteiger partial charge in [0.1, 0.15) is 11.6 Å². The lowest BCUT2D eigenvalue weighted by atomic mass is 10.0. The third-order valence-corrected chi connectivity index (χ3v) is 4.48. The van der Waals surface area contributed by atoms with Crippen LogP contribution in [-0.2, 0) is 0 Å². The van der Waals surface area contributed by atoms with Gasteiger partial charge in [-0.05, 0) is 44.0 Å². The van der Waals surface area contributed by atoms with Crippen LogP contribution in [0.5, 0.6) is 0 Å². The number of nitrogens with one attached hydrogen (secondary N) is 2. The van der Waals surface area contributed by atoms with Crippen molar-refractivity contribution in [2.24, 2.45) is 0 Å². The van der Waals surface area contributed by atoms with Gasteiger partial charge in [-0.2, -0.15) is 5.10 Å². The lowest BCUT2D eigenvalue weighted by molar-refractivity contribution is 0.523. The van der Waals surface area contributed by atoms with E-state index in [1.807, 2.05) is 13.1 Å². The van der Waals surface area contributed by atoms with Crippen molar-refractivity contribution in [3.8, 4) is 11.4 Å². The smallest absolute Gasteiger partial charge is 0.181 e. The van der Waals surface area contributed by atoms with Crippen molar-refractivity contribution < 1.29 is 0 Å². The van der Waals surface area contributed by atoms with Crippen molar-refractivity contribution in [3.05, 3.63) is 48.7 Å². The molecular weight excluding hydrogens is 314 g/mol. The average Bonchev–Trinajstić information content (AvgIpc) is 3.10. The Bertz CT molecular complexity index is 805. The fourth-order valence-corrected chi connectivity index (χ4v) is 3.13. The van der Waals surface area contributed by atoms with Crippen molar-refractivity contribution in [1.82, 2.24) is 25.1 Å². The number of benzene rings is 1. The highest BCUT2D eigenvalue weighted by molar-refractivity contribution is 5.59. The highest BCUT2D eigenvalue weighted by Crippen LogP contribution is 2.22. The summed E-state index contributed by atoms with van der Waals surface area (Å²) in [7, 11) is 0. The van der Waals surface area contributed by atoms with Crippen LogP contribution in [0.25, 0.3) is 11.4 Å². The van der Waals surface area contributed by atoms with E-state index in [0.29, 0.717) is 6.04 Å². The second-order valence-electron chi connectivity index (χ2n) is 6.29. The number of rotatable bonds is 4. The Morgan fingerprint density at radius 3 is 2.56 bits per heavy atom. The summed E-state index contributed by atoms with van der Waals surface area (Å²) in [5.74, 6) is 2.53. The number of nitrogens with zero attached hydrogens (tertiary/aromatic N) is 5. The minimum Gasteiger partial charge on any atom is -0.382 e. The molecule has 4 rings (SSSR count). The van der Waals surface area contributed by atoms with Gasteiger partial charge in [0.25, 0.3) is 0 Å². The van der Waals surface area contributed by atoms with Crippen LogP contribution in [0.4, 0.5) is 11.5 Å². The summed E-state index contributed by atoms with van der Waals surface area (Å²) in [6.45, 7) is 3.88. The molecule has 2 N–H and O–H groups in total. The predicted octanol–water partition coefficient (Wildman–Crippen LogP) is 2.65. The minimum absolute atomic E-state index is 0.476. The molecule has 0 spiro atoms. The third kappa shape index (κ3) is 3.60. The highest BCUT2D eigenvalue weighted by Gasteiger charge is 2.20. The fourth-order valence-electron chi connectivity index (χ4n) is 3.13. The summed E-state index contributed by atoms with van der Waals surface area (Å²) in [4.78, 5) is 15.2. The molecule has 7 nitrogen and oxygen atoms in total. The van der Waals surface area contributed by atoms with Crippen molar-refractivity contribution in [3.63, 3.8) is 0 Å². The van der Waals surface area contributed by atoms with Gasteiger partial charge >= 0.3 is 0 Å². The molecule has 2 aromatic heterocycles. The molecule has 128 valence electrons. The molecule has 3 heterocycles. The molecule has 3 aromatic rings. The molecule has 1 aliphatic heterocycles. The van der Waals surface area contributed by atoms with Crippen LogP contribution in [0.1, 0.15) is 18.7 Å². The van der Waals surface area contributed by atoms with E-state index < -0.39 is 0 Å². The molecule has 1 fully saturated rings. The zero-order valence-corrected chi connectivity index (χ0v) is 14.2. The van der Waals surface area contributed by atoms with Crippen molar-refractivity contribution in [1.29, 1.82) is 0 Å². The van der Waals surface area contributed by atoms with Gasteiger partial charge in [-0.15, -0.1) is 0 Å². The zero-order chi connectivity index (χ0) is 17.1. The minimum atomic E-state index is 0.476. The average molecular weight is 335 g/mol. The monoisotopic (exact) mass is 335 g/mol. The number of hydrogen-bond acceptors (Lipinski definition) is 6. The third-order valence-electron chi connectivity index (χ3n) is 4.48. The summed E-state index contributed by atoms with van der Waals surface area (Å²) >= 11 is 0. The molecule has 0 saturated carbocycles. The van der Waals surface area contributed by atoms with Gasteiger partial charge in [0, 0.05) is 42.8 Å². The number of aromatic nitrogens is 5. The van der Waals surface area contributed by atoms with Crippen LogP contribution >= 0.6 is 0 Å². The summed E-state index contributed by atoms with van der Waals surface area (Å²) < 4.78 is 0. The molecule has 0 amide bonds. The number of hydrogen-bond donors (Lipinski definition) is 2. The first-order valence-corrected chi connectivity index (χ1v) is 8.55. The van der Waals surface area contributed by atoms with E-state index in [1.165, 1.54) is 0 Å². The quantitative estimate of drug-likeness (QED) is 0.763. The summed E-state index contributed by atoms with van der Waals surface area (Å²) in [6.07, 6.45) is 7.45. The van der Waals surface area contributed by atoms with E-state index in [2.05, 4.69) is 59.6 Å². The molecule has 7 heteroatoms. The summed E-state index contributed by atoms with van der Waals surface area (Å²) in [5.41, 5.74) is 2.15. The van der Waals surface area contributed by atoms with Crippen LogP contribution in [0.15, 0.2) is 42.9 Å². The van der Waals surface area contributed by atoms with Crippen LogP contribution in [0.3, 0.4) is 0 Å². The highest BCUT2D eigenvalue weighted by atomic mass is 15.2. The van der Waals surface area contributed by atoms with Gasteiger partial charge < -0.3 is 10.2 Å². The topological polar surface area (TPSA) is 82.6 Å². The van der Waals surface area contributed by atoms with Crippen LogP contribution in [0.2, 0.25) is 0 Å². The van der Waals surface area contributed by atoms with Crippen molar-refractivity contribution >= 4 is 11.5 Å². The number of piperidine rings is 1. The van der Waals surface area contributed by atoms with Crippen LogP contribution < -0.4 is 10.2 Å². The van der Waals surface area contributed by atoms with Crippen LogP contribution in [0, 0.1) is 6.92 Å². The van der Waals surface area contributed by atoms with Gasteiger partial charge in [-0.25, -0.2) is 9.97 Å². The van der Waals surface area contributed by atoms with E-state index in [9.17, 15) is 0 Å². The normalized spacial score (nSPS) is 15.3. The van der Waals surface area contributed by atoms with E-state index in [1.54, 1.807) is 12.4 Å². The van der Waals surface area contributed by atoms with E-state index in [0.717, 1.165) is 54.6 Å². The number of H-pyrrole nitrogens is 1. The molecule has 0 unspecified atom stereocenters. The zero-order valence-electron chi connectivity index (χ0n) is 14.2. The van der Waals surface area contributed by atoms with Crippen molar-refractivity contribution in [2.45, 2.75) is 25.8 Å². The lowest BCUT2D eigenvalue weighted by Gasteiger charge is -2.33. The SMILES string of the molecule is Cc1nc(-c2ccc(NC3CCN(c4cnccn4)CC3)cc2)n[nH]1. The molecule has 1 aromatic carbocycles. The lowest BCUT2D eigenvalue weighted by Crippen LogP contribution is -2.39. The van der Waals surface area contributed by atoms with Gasteiger partial charge in [0.2, 0.25) is 0 Å². The first kappa shape index (κ1) is 15.6. The first-order valence-electron chi connectivity index (χ1n) is 8.55. The largest absolute Gasteiger partial charge is 0.382 e. The second kappa shape index (κ2) is 6.88. The molecule has 25 heavy (non-hydrogen) atoms. The first-order chi connectivity index (χ1) is 12.3. The Morgan fingerprint density at radius 1 is 1.12 bits per heavy atom.